The molecule has 0 atom stereocenters. The lowest BCUT2D eigenvalue weighted by Gasteiger charge is -2.26. The summed E-state index contributed by atoms with van der Waals surface area (Å²) in [6.45, 7) is 0. The maximum absolute atomic E-state index is 13.3. The summed E-state index contributed by atoms with van der Waals surface area (Å²) < 4.78 is 43.8. The Morgan fingerprint density at radius 3 is 2.24 bits per heavy atom. The van der Waals surface area contributed by atoms with Gasteiger partial charge in [0.2, 0.25) is 0 Å². The molecular weight excluding hydrogens is 487 g/mol. The third-order valence-corrected chi connectivity index (χ3v) is 6.21. The second kappa shape index (κ2) is 9.08. The molecule has 0 spiro atoms. The molecule has 1 aliphatic heterocycles. The van der Waals surface area contributed by atoms with Crippen molar-refractivity contribution in [3.63, 3.8) is 0 Å². The number of benzene rings is 3. The van der Waals surface area contributed by atoms with Crippen molar-refractivity contribution in [1.82, 2.24) is 5.32 Å². The minimum Gasteiger partial charge on any atom is -0.378 e. The van der Waals surface area contributed by atoms with Crippen LogP contribution in [0, 0.1) is 5.82 Å². The van der Waals surface area contributed by atoms with Crippen LogP contribution < -0.4 is 14.4 Å². The van der Waals surface area contributed by atoms with Gasteiger partial charge >= 0.3 is 16.1 Å². The van der Waals surface area contributed by atoms with Gasteiger partial charge < -0.3 is 4.18 Å². The summed E-state index contributed by atoms with van der Waals surface area (Å²) in [5.41, 5.74) is -0.326. The Kier molecular flexibility index (Phi) is 6.18. The number of urea groups is 1. The highest BCUT2D eigenvalue weighted by Gasteiger charge is 2.37. The molecular formula is C23H14ClFN2O6S. The summed E-state index contributed by atoms with van der Waals surface area (Å²) in [7, 11) is -4.26. The van der Waals surface area contributed by atoms with Gasteiger partial charge in [0, 0.05) is 10.6 Å². The van der Waals surface area contributed by atoms with Gasteiger partial charge in [-0.2, -0.15) is 8.42 Å². The number of hydrogen-bond donors (Lipinski definition) is 1. The molecule has 4 amide bonds. The fourth-order valence-corrected chi connectivity index (χ4v) is 4.16. The fourth-order valence-electron chi connectivity index (χ4n) is 3.08. The van der Waals surface area contributed by atoms with Crippen LogP contribution in [0.4, 0.5) is 14.9 Å². The Balaban J connectivity index is 1.70. The summed E-state index contributed by atoms with van der Waals surface area (Å²) in [5, 5.41) is 2.37. The minimum absolute atomic E-state index is 0.0390. The highest BCUT2D eigenvalue weighted by molar-refractivity contribution is 7.87. The number of barbiturate groups is 1. The standard InChI is InChI=1S/C23H14ClFN2O6S/c24-15-5-11-18(12-6-15)34(31,32)33-20-4-2-1-3-14(20)13-19-21(28)26-23(30)27(22(19)29)17-9-7-16(25)8-10-17/h1-13H,(H,26,28,30)/b19-13+. The van der Waals surface area contributed by atoms with Crippen molar-refractivity contribution in [3.05, 3.63) is 94.8 Å². The van der Waals surface area contributed by atoms with Crippen molar-refractivity contribution in [2.24, 2.45) is 0 Å². The molecule has 3 aromatic rings. The van der Waals surface area contributed by atoms with Gasteiger partial charge in [0.25, 0.3) is 11.8 Å². The van der Waals surface area contributed by atoms with E-state index in [1.54, 1.807) is 6.07 Å². The lowest BCUT2D eigenvalue weighted by atomic mass is 10.1. The third-order valence-electron chi connectivity index (χ3n) is 4.71. The van der Waals surface area contributed by atoms with E-state index in [9.17, 15) is 27.2 Å². The van der Waals surface area contributed by atoms with E-state index < -0.39 is 39.4 Å². The molecule has 1 saturated heterocycles. The van der Waals surface area contributed by atoms with Gasteiger partial charge in [-0.25, -0.2) is 14.1 Å². The summed E-state index contributed by atoms with van der Waals surface area (Å²) in [6, 6.07) is 14.6. The first-order valence-corrected chi connectivity index (χ1v) is 11.4. The lowest BCUT2D eigenvalue weighted by Crippen LogP contribution is -2.54. The number of imide groups is 2. The van der Waals surface area contributed by atoms with Gasteiger partial charge in [-0.15, -0.1) is 0 Å². The Bertz CT molecular complexity index is 1440. The largest absolute Gasteiger partial charge is 0.378 e. The number of amides is 4. The minimum atomic E-state index is -4.26. The summed E-state index contributed by atoms with van der Waals surface area (Å²) in [6.07, 6.45) is 1.10. The first kappa shape index (κ1) is 23.1. The highest BCUT2D eigenvalue weighted by Crippen LogP contribution is 2.28. The van der Waals surface area contributed by atoms with E-state index in [2.05, 4.69) is 0 Å². The van der Waals surface area contributed by atoms with E-state index in [4.69, 9.17) is 15.8 Å². The highest BCUT2D eigenvalue weighted by atomic mass is 35.5. The van der Waals surface area contributed by atoms with E-state index in [0.717, 1.165) is 18.2 Å². The van der Waals surface area contributed by atoms with Crippen molar-refractivity contribution < 1.29 is 31.4 Å². The van der Waals surface area contributed by atoms with Crippen LogP contribution >= 0.6 is 11.6 Å². The van der Waals surface area contributed by atoms with E-state index in [1.165, 1.54) is 54.6 Å². The molecule has 0 radical (unpaired) electrons. The first-order valence-electron chi connectivity index (χ1n) is 9.62. The third kappa shape index (κ3) is 4.68. The summed E-state index contributed by atoms with van der Waals surface area (Å²) >= 11 is 5.80. The van der Waals surface area contributed by atoms with E-state index in [-0.39, 0.29) is 21.9 Å². The Morgan fingerprint density at radius 1 is 0.912 bits per heavy atom. The Hall–Kier alpha value is -4.02. The number of nitrogens with one attached hydrogen (secondary N) is 1. The maximum atomic E-state index is 13.3. The van der Waals surface area contributed by atoms with Crippen LogP contribution in [0.1, 0.15) is 5.56 Å². The predicted octanol–water partition coefficient (Wildman–Crippen LogP) is 3.91. The molecule has 0 unspecified atom stereocenters. The predicted molar refractivity (Wildman–Crippen MR) is 121 cm³/mol. The summed E-state index contributed by atoms with van der Waals surface area (Å²) in [4.78, 5) is 38.2. The molecule has 11 heteroatoms. The monoisotopic (exact) mass is 500 g/mol. The molecule has 3 aromatic carbocycles. The smallest absolute Gasteiger partial charge is 0.339 e. The van der Waals surface area contributed by atoms with Gasteiger partial charge in [0.1, 0.15) is 22.0 Å². The average molecular weight is 501 g/mol. The molecule has 4 rings (SSSR count). The van der Waals surface area contributed by atoms with Gasteiger partial charge in [-0.3, -0.25) is 14.9 Å². The van der Waals surface area contributed by atoms with Gasteiger partial charge in [-0.05, 0) is 60.7 Å². The van der Waals surface area contributed by atoms with Crippen molar-refractivity contribution in [2.75, 3.05) is 4.90 Å². The van der Waals surface area contributed by atoms with Crippen molar-refractivity contribution in [3.8, 4) is 5.75 Å². The molecule has 1 fully saturated rings. The molecule has 1 heterocycles. The van der Waals surface area contributed by atoms with Crippen LogP contribution in [-0.4, -0.2) is 26.3 Å². The van der Waals surface area contributed by atoms with Gasteiger partial charge in [0.05, 0.1) is 5.69 Å². The molecule has 0 aromatic heterocycles. The van der Waals surface area contributed by atoms with E-state index >= 15 is 0 Å². The molecule has 1 N–H and O–H groups in total. The number of nitrogens with zero attached hydrogens (tertiary/aromatic N) is 1. The fraction of sp³-hybridized carbons (Fsp3) is 0. The zero-order valence-corrected chi connectivity index (χ0v) is 18.6. The summed E-state index contributed by atoms with van der Waals surface area (Å²) in [5.74, 6) is -2.69. The topological polar surface area (TPSA) is 110 Å². The zero-order chi connectivity index (χ0) is 24.5. The number of carbonyl (C=O) groups excluding carboxylic acids is 3. The average Bonchev–Trinajstić information content (AvgIpc) is 2.79. The van der Waals surface area contributed by atoms with Crippen molar-refractivity contribution >= 4 is 51.3 Å². The maximum Gasteiger partial charge on any atom is 0.339 e. The van der Waals surface area contributed by atoms with Crippen molar-refractivity contribution in [2.45, 2.75) is 4.90 Å². The van der Waals surface area contributed by atoms with Gasteiger partial charge in [0.15, 0.2) is 0 Å². The number of anilines is 1. The quantitative estimate of drug-likeness (QED) is 0.323. The lowest BCUT2D eigenvalue weighted by molar-refractivity contribution is -0.122. The normalized spacial score (nSPS) is 15.4. The Morgan fingerprint density at radius 2 is 1.56 bits per heavy atom. The van der Waals surface area contributed by atoms with Crippen molar-refractivity contribution in [1.29, 1.82) is 0 Å². The van der Waals surface area contributed by atoms with E-state index in [0.29, 0.717) is 9.92 Å². The Labute approximate surface area is 198 Å². The van der Waals surface area contributed by atoms with E-state index in [1.807, 2.05) is 5.32 Å². The molecule has 8 nitrogen and oxygen atoms in total. The molecule has 0 saturated carbocycles. The SMILES string of the molecule is O=C1NC(=O)N(c2ccc(F)cc2)C(=O)/C1=C/c1ccccc1OS(=O)(=O)c1ccc(Cl)cc1. The molecule has 34 heavy (non-hydrogen) atoms. The second-order valence-corrected chi connectivity index (χ2v) is 8.95. The molecule has 1 aliphatic rings. The number of para-hydroxylation sites is 1. The zero-order valence-electron chi connectivity index (χ0n) is 17.1. The second-order valence-electron chi connectivity index (χ2n) is 6.96. The van der Waals surface area contributed by atoms with Crippen LogP contribution in [0.2, 0.25) is 5.02 Å². The van der Waals surface area contributed by atoms with Crippen LogP contribution in [0.5, 0.6) is 5.75 Å². The van der Waals surface area contributed by atoms with Crippen LogP contribution in [-0.2, 0) is 19.7 Å². The number of rotatable bonds is 5. The van der Waals surface area contributed by atoms with Crippen LogP contribution in [0.3, 0.4) is 0 Å². The molecule has 0 aliphatic carbocycles. The first-order chi connectivity index (χ1) is 16.2. The number of carbonyl (C=O) groups is 3. The van der Waals surface area contributed by atoms with Gasteiger partial charge in [-0.1, -0.05) is 29.8 Å². The number of hydrogen-bond acceptors (Lipinski definition) is 6. The molecule has 0 bridgehead atoms. The van der Waals surface area contributed by atoms with Crippen LogP contribution in [0.25, 0.3) is 6.08 Å². The van der Waals surface area contributed by atoms with Crippen LogP contribution in [0.15, 0.2) is 83.3 Å². The molecule has 172 valence electrons. The number of halogens is 2.